The lowest BCUT2D eigenvalue weighted by Gasteiger charge is -2.33. The molecule has 0 saturated carbocycles. The second-order valence-corrected chi connectivity index (χ2v) is 13.6. The average molecular weight is 640 g/mol. The van der Waals surface area contributed by atoms with E-state index in [2.05, 4.69) is 206 Å². The summed E-state index contributed by atoms with van der Waals surface area (Å²) in [5, 5.41) is 7.89. The van der Waals surface area contributed by atoms with Crippen molar-refractivity contribution in [3.63, 3.8) is 0 Å². The summed E-state index contributed by atoms with van der Waals surface area (Å²) in [4.78, 5) is 2.37. The number of allylic oxidation sites excluding steroid dienone is 4. The van der Waals surface area contributed by atoms with Crippen LogP contribution in [0.2, 0.25) is 0 Å². The van der Waals surface area contributed by atoms with Crippen molar-refractivity contribution in [1.29, 1.82) is 0 Å². The molecule has 1 nitrogen and oxygen atoms in total. The lowest BCUT2D eigenvalue weighted by Crippen LogP contribution is -2.22. The van der Waals surface area contributed by atoms with E-state index in [1.54, 1.807) is 0 Å². The van der Waals surface area contributed by atoms with Crippen molar-refractivity contribution in [3.05, 3.63) is 205 Å². The van der Waals surface area contributed by atoms with Crippen molar-refractivity contribution < 1.29 is 0 Å². The Kier molecular flexibility index (Phi) is 7.40. The normalized spacial score (nSPS) is 15.7. The number of anilines is 3. The van der Waals surface area contributed by atoms with Gasteiger partial charge < -0.3 is 4.90 Å². The minimum Gasteiger partial charge on any atom is -0.310 e. The highest BCUT2D eigenvalue weighted by atomic mass is 15.1. The largest absolute Gasteiger partial charge is 0.310 e. The van der Waals surface area contributed by atoms with Crippen molar-refractivity contribution in [2.45, 2.75) is 18.8 Å². The summed E-state index contributed by atoms with van der Waals surface area (Å²) in [6, 6.07) is 63.9. The van der Waals surface area contributed by atoms with Gasteiger partial charge >= 0.3 is 0 Å². The smallest absolute Gasteiger partial charge is 0.0464 e. The molecule has 0 radical (unpaired) electrons. The topological polar surface area (TPSA) is 3.24 Å². The molecule has 238 valence electrons. The molecule has 50 heavy (non-hydrogen) atoms. The highest BCUT2D eigenvalue weighted by Crippen LogP contribution is 2.45. The quantitative estimate of drug-likeness (QED) is 0.164. The Morgan fingerprint density at radius 2 is 0.980 bits per heavy atom. The molecule has 8 aromatic carbocycles. The first-order valence-electron chi connectivity index (χ1n) is 17.5. The highest BCUT2D eigenvalue weighted by molar-refractivity contribution is 6.27. The molecule has 0 aromatic heterocycles. The molecule has 0 heterocycles. The van der Waals surface area contributed by atoms with Gasteiger partial charge in [-0.15, -0.1) is 0 Å². The molecule has 0 bridgehead atoms. The van der Waals surface area contributed by atoms with E-state index < -0.39 is 0 Å². The summed E-state index contributed by atoms with van der Waals surface area (Å²) in [6.07, 6.45) is 7.89. The fraction of sp³-hybridized carbons (Fsp3) is 0.0612. The van der Waals surface area contributed by atoms with Crippen LogP contribution < -0.4 is 4.90 Å². The fourth-order valence-electron chi connectivity index (χ4n) is 7.95. The lowest BCUT2D eigenvalue weighted by molar-refractivity contribution is 0.609. The maximum Gasteiger partial charge on any atom is 0.0464 e. The van der Waals surface area contributed by atoms with Crippen LogP contribution in [0.15, 0.2) is 194 Å². The van der Waals surface area contributed by atoms with E-state index >= 15 is 0 Å². The molecular weight excluding hydrogens is 603 g/mol. The van der Waals surface area contributed by atoms with E-state index in [4.69, 9.17) is 0 Å². The Balaban J connectivity index is 1.12. The SMILES string of the molecule is CC1(c2cccc(N(c3ccccc3)c3ccc(-c4ccccc4)cc3)c2)C=CC=C(c2cccc3c4ccccc4c4ccccc4c23)C1. The number of hydrogen-bond donors (Lipinski definition) is 0. The highest BCUT2D eigenvalue weighted by Gasteiger charge is 2.29. The summed E-state index contributed by atoms with van der Waals surface area (Å²) < 4.78 is 0. The molecule has 0 spiro atoms. The molecule has 0 saturated heterocycles. The monoisotopic (exact) mass is 639 g/mol. The van der Waals surface area contributed by atoms with E-state index in [-0.39, 0.29) is 5.41 Å². The van der Waals surface area contributed by atoms with Crippen LogP contribution in [0.4, 0.5) is 17.1 Å². The molecule has 8 aromatic rings. The van der Waals surface area contributed by atoms with Crippen LogP contribution in [-0.4, -0.2) is 0 Å². The Morgan fingerprint density at radius 3 is 1.68 bits per heavy atom. The molecule has 0 N–H and O–H groups in total. The van der Waals surface area contributed by atoms with Crippen LogP contribution in [0, 0.1) is 0 Å². The van der Waals surface area contributed by atoms with E-state index in [1.807, 2.05) is 0 Å². The van der Waals surface area contributed by atoms with Crippen LogP contribution in [0.25, 0.3) is 49.0 Å². The van der Waals surface area contributed by atoms with Gasteiger partial charge in [0, 0.05) is 22.5 Å². The zero-order chi connectivity index (χ0) is 33.5. The van der Waals surface area contributed by atoms with Crippen molar-refractivity contribution >= 4 is 55.0 Å². The molecule has 1 aliphatic carbocycles. The third kappa shape index (κ3) is 5.19. The lowest BCUT2D eigenvalue weighted by atomic mass is 9.72. The van der Waals surface area contributed by atoms with Crippen molar-refractivity contribution in [2.75, 3.05) is 4.90 Å². The first-order chi connectivity index (χ1) is 24.7. The molecule has 0 aliphatic heterocycles. The van der Waals surface area contributed by atoms with Gasteiger partial charge in [-0.3, -0.25) is 0 Å². The molecule has 1 atom stereocenters. The van der Waals surface area contributed by atoms with Gasteiger partial charge in [0.2, 0.25) is 0 Å². The number of fused-ring (bicyclic) bond motifs is 6. The zero-order valence-corrected chi connectivity index (χ0v) is 28.1. The molecular formula is C49H37N. The number of rotatable bonds is 6. The predicted octanol–water partition coefficient (Wildman–Crippen LogP) is 13.6. The number of benzene rings is 8. The van der Waals surface area contributed by atoms with Gasteiger partial charge in [0.05, 0.1) is 0 Å². The molecule has 0 amide bonds. The maximum absolute atomic E-state index is 2.39. The Bertz CT molecular complexity index is 2520. The Hall–Kier alpha value is -6.18. The van der Waals surface area contributed by atoms with Gasteiger partial charge in [0.25, 0.3) is 0 Å². The zero-order valence-electron chi connectivity index (χ0n) is 28.1. The van der Waals surface area contributed by atoms with E-state index in [9.17, 15) is 0 Å². The van der Waals surface area contributed by atoms with Crippen molar-refractivity contribution in [3.8, 4) is 11.1 Å². The van der Waals surface area contributed by atoms with Crippen LogP contribution in [0.5, 0.6) is 0 Å². The van der Waals surface area contributed by atoms with Crippen molar-refractivity contribution in [2.24, 2.45) is 0 Å². The first-order valence-corrected chi connectivity index (χ1v) is 17.5. The fourth-order valence-corrected chi connectivity index (χ4v) is 7.95. The first kappa shape index (κ1) is 29.9. The van der Waals surface area contributed by atoms with Crippen LogP contribution in [-0.2, 0) is 5.41 Å². The molecule has 9 rings (SSSR count). The van der Waals surface area contributed by atoms with E-state index in [1.165, 1.54) is 60.1 Å². The number of para-hydroxylation sites is 1. The second-order valence-electron chi connectivity index (χ2n) is 13.6. The average Bonchev–Trinajstić information content (AvgIpc) is 3.19. The van der Waals surface area contributed by atoms with Crippen LogP contribution >= 0.6 is 0 Å². The van der Waals surface area contributed by atoms with Gasteiger partial charge in [-0.05, 0) is 103 Å². The summed E-state index contributed by atoms with van der Waals surface area (Å²) in [6.45, 7) is 2.38. The number of nitrogens with zero attached hydrogens (tertiary/aromatic N) is 1. The summed E-state index contributed by atoms with van der Waals surface area (Å²) >= 11 is 0. The Labute approximate surface area is 294 Å². The maximum atomic E-state index is 2.39. The minimum absolute atomic E-state index is 0.186. The van der Waals surface area contributed by atoms with Crippen LogP contribution in [0.3, 0.4) is 0 Å². The third-order valence-corrected chi connectivity index (χ3v) is 10.4. The molecule has 1 unspecified atom stereocenters. The summed E-state index contributed by atoms with van der Waals surface area (Å²) in [5.74, 6) is 0. The minimum atomic E-state index is -0.186. The van der Waals surface area contributed by atoms with Crippen LogP contribution in [0.1, 0.15) is 24.5 Å². The van der Waals surface area contributed by atoms with Gasteiger partial charge in [0.1, 0.15) is 0 Å². The third-order valence-electron chi connectivity index (χ3n) is 10.4. The molecule has 0 fully saturated rings. The molecule has 1 aliphatic rings. The number of hydrogen-bond acceptors (Lipinski definition) is 1. The summed E-state index contributed by atoms with van der Waals surface area (Å²) in [5.41, 5.74) is 9.65. The molecule has 1 heteroatoms. The summed E-state index contributed by atoms with van der Waals surface area (Å²) in [7, 11) is 0. The standard InChI is InChI=1S/C49H37N/c1-49(32-14-17-37(34-49)42-26-13-27-47-45-23-9-8-22-43(45)44-24-10-11-25-46(44)48(42)47)38-18-12-21-41(33-38)50(39-19-6-3-7-20-39)40-30-28-36(29-31-40)35-15-4-2-5-16-35/h2-33H,34H2,1H3. The van der Waals surface area contributed by atoms with E-state index in [0.29, 0.717) is 0 Å². The van der Waals surface area contributed by atoms with Gasteiger partial charge in [-0.25, -0.2) is 0 Å². The van der Waals surface area contributed by atoms with Gasteiger partial charge in [0.15, 0.2) is 0 Å². The van der Waals surface area contributed by atoms with Crippen molar-refractivity contribution in [1.82, 2.24) is 0 Å². The second kappa shape index (κ2) is 12.4. The van der Waals surface area contributed by atoms with Gasteiger partial charge in [-0.1, -0.05) is 165 Å². The predicted molar refractivity (Wildman–Crippen MR) is 215 cm³/mol. The van der Waals surface area contributed by atoms with E-state index in [0.717, 1.165) is 23.5 Å². The van der Waals surface area contributed by atoms with Gasteiger partial charge in [-0.2, -0.15) is 0 Å². The Morgan fingerprint density at radius 1 is 0.460 bits per heavy atom.